The summed E-state index contributed by atoms with van der Waals surface area (Å²) in [7, 11) is 0. The van der Waals surface area contributed by atoms with Crippen molar-refractivity contribution >= 4 is 35.4 Å². The second-order valence-corrected chi connectivity index (χ2v) is 5.37. The minimum Gasteiger partial charge on any atom is -0.403 e. The van der Waals surface area contributed by atoms with Gasteiger partial charge in [-0.1, -0.05) is 24.3 Å². The van der Waals surface area contributed by atoms with Gasteiger partial charge >= 0.3 is 5.97 Å². The first-order valence-electron chi connectivity index (χ1n) is 7.62. The summed E-state index contributed by atoms with van der Waals surface area (Å²) >= 11 is 0. The number of carbonyl (C=O) groups is 1. The largest absolute Gasteiger partial charge is 0.403 e. The highest BCUT2D eigenvalue weighted by molar-refractivity contribution is 6.11. The van der Waals surface area contributed by atoms with E-state index in [1.165, 1.54) is 54.6 Å². The summed E-state index contributed by atoms with van der Waals surface area (Å²) in [4.78, 5) is 36.7. The molecule has 3 rings (SSSR count). The van der Waals surface area contributed by atoms with Crippen molar-refractivity contribution in [3.8, 4) is 0 Å². The Kier molecular flexibility index (Phi) is 4.84. The number of ether oxygens (including phenoxy) is 1. The van der Waals surface area contributed by atoms with Gasteiger partial charge in [0.2, 0.25) is 5.90 Å². The van der Waals surface area contributed by atoms with Crippen molar-refractivity contribution in [3.63, 3.8) is 0 Å². The van der Waals surface area contributed by atoms with E-state index in [-0.39, 0.29) is 28.5 Å². The SMILES string of the molecule is O=C1OC(C=Cc2cccc([N+](=O)[O-])c2)=NC1=Cc1ccccc1[N+](=O)[O-]. The molecule has 0 atom stereocenters. The first-order valence-corrected chi connectivity index (χ1v) is 7.62. The number of esters is 1. The minimum atomic E-state index is -0.744. The van der Waals surface area contributed by atoms with Gasteiger partial charge in [-0.05, 0) is 23.8 Å². The fourth-order valence-corrected chi connectivity index (χ4v) is 2.33. The first kappa shape index (κ1) is 17.7. The molecule has 1 heterocycles. The monoisotopic (exact) mass is 365 g/mol. The van der Waals surface area contributed by atoms with Gasteiger partial charge in [0.05, 0.1) is 15.4 Å². The number of benzene rings is 2. The molecular weight excluding hydrogens is 354 g/mol. The maximum atomic E-state index is 11.9. The van der Waals surface area contributed by atoms with Crippen LogP contribution in [0.2, 0.25) is 0 Å². The predicted octanol–water partition coefficient (Wildman–Crippen LogP) is 3.51. The standard InChI is InChI=1S/C18H11N3O6/c22-18-15(11-13-5-1-2-7-16(13)21(25)26)19-17(27-18)9-8-12-4-3-6-14(10-12)20(23)24/h1-11H. The van der Waals surface area contributed by atoms with Gasteiger partial charge in [0, 0.05) is 24.3 Å². The van der Waals surface area contributed by atoms with Gasteiger partial charge in [-0.3, -0.25) is 20.2 Å². The van der Waals surface area contributed by atoms with Crippen LogP contribution < -0.4 is 0 Å². The lowest BCUT2D eigenvalue weighted by Gasteiger charge is -1.96. The summed E-state index contributed by atoms with van der Waals surface area (Å²) in [5.74, 6) is -0.761. The van der Waals surface area contributed by atoms with Crippen molar-refractivity contribution < 1.29 is 19.4 Å². The molecule has 134 valence electrons. The molecule has 9 heteroatoms. The topological polar surface area (TPSA) is 125 Å². The zero-order valence-electron chi connectivity index (χ0n) is 13.6. The molecule has 0 radical (unpaired) electrons. The molecule has 1 aliphatic heterocycles. The quantitative estimate of drug-likeness (QED) is 0.345. The second-order valence-electron chi connectivity index (χ2n) is 5.37. The Morgan fingerprint density at radius 3 is 2.48 bits per heavy atom. The molecule has 0 spiro atoms. The van der Waals surface area contributed by atoms with Crippen molar-refractivity contribution in [1.29, 1.82) is 0 Å². The van der Waals surface area contributed by atoms with Gasteiger partial charge in [0.15, 0.2) is 5.70 Å². The van der Waals surface area contributed by atoms with Crippen LogP contribution in [0, 0.1) is 20.2 Å². The lowest BCUT2D eigenvalue weighted by atomic mass is 10.1. The van der Waals surface area contributed by atoms with Crippen LogP contribution in [0.1, 0.15) is 11.1 Å². The summed E-state index contributed by atoms with van der Waals surface area (Å²) < 4.78 is 5.00. The van der Waals surface area contributed by atoms with Crippen LogP contribution in [0.3, 0.4) is 0 Å². The van der Waals surface area contributed by atoms with Crippen LogP contribution in [-0.2, 0) is 9.53 Å². The normalized spacial score (nSPS) is 15.0. The number of nitrogens with zero attached hydrogens (tertiary/aromatic N) is 3. The molecule has 0 N–H and O–H groups in total. The van der Waals surface area contributed by atoms with Crippen LogP contribution in [0.15, 0.2) is 65.3 Å². The Labute approximate surface area is 152 Å². The lowest BCUT2D eigenvalue weighted by molar-refractivity contribution is -0.385. The van der Waals surface area contributed by atoms with Crippen molar-refractivity contribution in [2.75, 3.05) is 0 Å². The van der Waals surface area contributed by atoms with Gasteiger partial charge in [-0.15, -0.1) is 0 Å². The average molecular weight is 365 g/mol. The van der Waals surface area contributed by atoms with E-state index in [0.29, 0.717) is 5.56 Å². The highest BCUT2D eigenvalue weighted by Crippen LogP contribution is 2.23. The Bertz CT molecular complexity index is 1040. The van der Waals surface area contributed by atoms with Crippen LogP contribution in [0.25, 0.3) is 12.2 Å². The highest BCUT2D eigenvalue weighted by Gasteiger charge is 2.23. The summed E-state index contributed by atoms with van der Waals surface area (Å²) in [6.07, 6.45) is 4.17. The van der Waals surface area contributed by atoms with Crippen molar-refractivity contribution in [3.05, 3.63) is 91.7 Å². The van der Waals surface area contributed by atoms with Crippen LogP contribution >= 0.6 is 0 Å². The third-order valence-electron chi connectivity index (χ3n) is 3.56. The Morgan fingerprint density at radius 1 is 0.963 bits per heavy atom. The van der Waals surface area contributed by atoms with Crippen molar-refractivity contribution in [2.45, 2.75) is 0 Å². The van der Waals surface area contributed by atoms with Gasteiger partial charge in [0.1, 0.15) is 0 Å². The van der Waals surface area contributed by atoms with Crippen LogP contribution in [-0.4, -0.2) is 21.7 Å². The second kappa shape index (κ2) is 7.40. The summed E-state index contributed by atoms with van der Waals surface area (Å²) in [5, 5.41) is 21.8. The number of nitro benzene ring substituents is 2. The van der Waals surface area contributed by atoms with E-state index >= 15 is 0 Å². The Balaban J connectivity index is 1.86. The van der Waals surface area contributed by atoms with Crippen LogP contribution in [0.4, 0.5) is 11.4 Å². The Morgan fingerprint density at radius 2 is 1.74 bits per heavy atom. The smallest absolute Gasteiger partial charge is 0.363 e. The lowest BCUT2D eigenvalue weighted by Crippen LogP contribution is -2.01. The molecule has 0 saturated carbocycles. The number of non-ortho nitro benzene ring substituents is 1. The number of hydrogen-bond acceptors (Lipinski definition) is 7. The molecule has 9 nitrogen and oxygen atoms in total. The van der Waals surface area contributed by atoms with E-state index in [1.807, 2.05) is 0 Å². The molecule has 1 aliphatic rings. The van der Waals surface area contributed by atoms with Gasteiger partial charge in [-0.25, -0.2) is 9.79 Å². The summed E-state index contributed by atoms with van der Waals surface area (Å²) in [6, 6.07) is 11.8. The number of aliphatic imine (C=N–C) groups is 1. The molecule has 0 unspecified atom stereocenters. The average Bonchev–Trinajstić information content (AvgIpc) is 3.00. The van der Waals surface area contributed by atoms with Crippen LogP contribution in [0.5, 0.6) is 0 Å². The van der Waals surface area contributed by atoms with E-state index < -0.39 is 15.8 Å². The molecule has 0 amide bonds. The number of carbonyl (C=O) groups excluding carboxylic acids is 1. The molecule has 27 heavy (non-hydrogen) atoms. The number of hydrogen-bond donors (Lipinski definition) is 0. The van der Waals surface area contributed by atoms with Gasteiger partial charge < -0.3 is 4.74 Å². The molecule has 0 saturated heterocycles. The zero-order chi connectivity index (χ0) is 19.4. The van der Waals surface area contributed by atoms with E-state index in [4.69, 9.17) is 4.74 Å². The number of nitro groups is 2. The zero-order valence-corrected chi connectivity index (χ0v) is 13.6. The van der Waals surface area contributed by atoms with Gasteiger partial charge in [0.25, 0.3) is 11.4 Å². The van der Waals surface area contributed by atoms with Gasteiger partial charge in [-0.2, -0.15) is 0 Å². The molecular formula is C18H11N3O6. The number of para-hydroxylation sites is 1. The maximum Gasteiger partial charge on any atom is 0.363 e. The third kappa shape index (κ3) is 4.10. The third-order valence-corrected chi connectivity index (χ3v) is 3.56. The number of cyclic esters (lactones) is 1. The molecule has 2 aromatic carbocycles. The summed E-state index contributed by atoms with van der Waals surface area (Å²) in [5.41, 5.74) is 0.442. The summed E-state index contributed by atoms with van der Waals surface area (Å²) in [6.45, 7) is 0. The van der Waals surface area contributed by atoms with E-state index in [1.54, 1.807) is 12.1 Å². The maximum absolute atomic E-state index is 11.9. The fraction of sp³-hybridized carbons (Fsp3) is 0. The molecule has 0 fully saturated rings. The molecule has 2 aromatic rings. The minimum absolute atomic E-state index is 0.0173. The van der Waals surface area contributed by atoms with Crippen molar-refractivity contribution in [1.82, 2.24) is 0 Å². The van der Waals surface area contributed by atoms with E-state index in [2.05, 4.69) is 4.99 Å². The van der Waals surface area contributed by atoms with E-state index in [9.17, 15) is 25.0 Å². The first-order chi connectivity index (χ1) is 12.9. The Hall–Kier alpha value is -4.14. The molecule has 0 bridgehead atoms. The molecule has 0 aliphatic carbocycles. The fourth-order valence-electron chi connectivity index (χ4n) is 2.33. The van der Waals surface area contributed by atoms with E-state index in [0.717, 1.165) is 0 Å². The van der Waals surface area contributed by atoms with Crippen molar-refractivity contribution in [2.24, 2.45) is 4.99 Å². The highest BCUT2D eigenvalue weighted by atomic mass is 16.6. The number of rotatable bonds is 5. The predicted molar refractivity (Wildman–Crippen MR) is 96.7 cm³/mol. The molecule has 0 aromatic heterocycles.